The van der Waals surface area contributed by atoms with Crippen LogP contribution in [0.3, 0.4) is 0 Å². The van der Waals surface area contributed by atoms with E-state index in [2.05, 4.69) is 4.74 Å². The van der Waals surface area contributed by atoms with E-state index < -0.39 is 12.1 Å². The van der Waals surface area contributed by atoms with Crippen molar-refractivity contribution < 1.29 is 14.6 Å². The van der Waals surface area contributed by atoms with E-state index in [4.69, 9.17) is 0 Å². The van der Waals surface area contributed by atoms with Gasteiger partial charge in [0.1, 0.15) is 0 Å². The van der Waals surface area contributed by atoms with E-state index in [9.17, 15) is 9.90 Å². The summed E-state index contributed by atoms with van der Waals surface area (Å²) in [4.78, 5) is 13.0. The highest BCUT2D eigenvalue weighted by atomic mass is 16.5. The first kappa shape index (κ1) is 12.5. The molecule has 1 aromatic carbocycles. The molecule has 16 heavy (non-hydrogen) atoms. The number of carbonyl (C=O) groups is 1. The van der Waals surface area contributed by atoms with Gasteiger partial charge in [-0.3, -0.25) is 4.79 Å². The number of aliphatic hydroxyl groups is 1. The van der Waals surface area contributed by atoms with Gasteiger partial charge in [-0.1, -0.05) is 18.2 Å². The molecule has 0 aromatic heterocycles. The number of hydrogen-bond acceptors (Lipinski definition) is 4. The predicted molar refractivity (Wildman–Crippen MR) is 62.4 cm³/mol. The summed E-state index contributed by atoms with van der Waals surface area (Å²) >= 11 is 0. The number of nitrogens with zero attached hydrogens (tertiary/aromatic N) is 1. The molecule has 0 fully saturated rings. The summed E-state index contributed by atoms with van der Waals surface area (Å²) in [5.41, 5.74) is 1.64. The van der Waals surface area contributed by atoms with Crippen molar-refractivity contribution in [3.05, 3.63) is 29.8 Å². The number of rotatable bonds is 4. The molecule has 88 valence electrons. The molecule has 1 N–H and O–H groups in total. The third-order valence-electron chi connectivity index (χ3n) is 2.37. The molecule has 0 bridgehead atoms. The van der Waals surface area contributed by atoms with Crippen molar-refractivity contribution in [2.24, 2.45) is 0 Å². The largest absolute Gasteiger partial charge is 0.469 e. The molecule has 0 radical (unpaired) electrons. The second-order valence-electron chi connectivity index (χ2n) is 3.75. The van der Waals surface area contributed by atoms with E-state index in [0.717, 1.165) is 11.3 Å². The van der Waals surface area contributed by atoms with Crippen LogP contribution in [0.4, 0.5) is 5.69 Å². The molecule has 4 nitrogen and oxygen atoms in total. The number of para-hydroxylation sites is 1. The van der Waals surface area contributed by atoms with Gasteiger partial charge in [0.15, 0.2) is 0 Å². The molecular formula is C12H17NO3. The minimum absolute atomic E-state index is 0.0264. The van der Waals surface area contributed by atoms with E-state index in [1.807, 2.05) is 43.3 Å². The van der Waals surface area contributed by atoms with Crippen molar-refractivity contribution in [2.75, 3.05) is 26.1 Å². The van der Waals surface area contributed by atoms with Gasteiger partial charge >= 0.3 is 5.97 Å². The lowest BCUT2D eigenvalue weighted by Gasteiger charge is -2.20. The molecule has 0 aliphatic heterocycles. The second kappa shape index (κ2) is 5.51. The van der Waals surface area contributed by atoms with E-state index in [-0.39, 0.29) is 6.42 Å². The molecule has 1 rings (SSSR count). The van der Waals surface area contributed by atoms with Gasteiger partial charge in [0, 0.05) is 25.3 Å². The molecule has 0 heterocycles. The SMILES string of the molecule is COC(=O)CC(O)c1ccccc1N(C)C. The van der Waals surface area contributed by atoms with Gasteiger partial charge in [-0.05, 0) is 6.07 Å². The molecule has 0 saturated heterocycles. The van der Waals surface area contributed by atoms with Crippen molar-refractivity contribution in [3.63, 3.8) is 0 Å². The minimum Gasteiger partial charge on any atom is -0.469 e. The standard InChI is InChI=1S/C12H17NO3/c1-13(2)10-7-5-4-6-9(10)11(14)8-12(15)16-3/h4-7,11,14H,8H2,1-3H3. The molecular weight excluding hydrogens is 206 g/mol. The van der Waals surface area contributed by atoms with Crippen LogP contribution < -0.4 is 4.90 Å². The van der Waals surface area contributed by atoms with Gasteiger partial charge < -0.3 is 14.7 Å². The fourth-order valence-electron chi connectivity index (χ4n) is 1.53. The Hall–Kier alpha value is -1.55. The summed E-state index contributed by atoms with van der Waals surface area (Å²) in [5, 5.41) is 9.92. The van der Waals surface area contributed by atoms with Crippen molar-refractivity contribution in [1.29, 1.82) is 0 Å². The van der Waals surface area contributed by atoms with E-state index in [1.54, 1.807) is 0 Å². The maximum atomic E-state index is 11.1. The van der Waals surface area contributed by atoms with E-state index in [1.165, 1.54) is 7.11 Å². The minimum atomic E-state index is -0.828. The molecule has 1 unspecified atom stereocenters. The number of benzene rings is 1. The molecule has 0 amide bonds. The normalized spacial score (nSPS) is 12.0. The maximum Gasteiger partial charge on any atom is 0.308 e. The quantitative estimate of drug-likeness (QED) is 0.783. The Labute approximate surface area is 95.5 Å². The van der Waals surface area contributed by atoms with Crippen molar-refractivity contribution in [2.45, 2.75) is 12.5 Å². The Kier molecular flexibility index (Phi) is 4.31. The highest BCUT2D eigenvalue weighted by Crippen LogP contribution is 2.26. The molecule has 0 saturated carbocycles. The Morgan fingerprint density at radius 2 is 2.06 bits per heavy atom. The number of methoxy groups -OCH3 is 1. The average molecular weight is 223 g/mol. The van der Waals surface area contributed by atoms with Crippen LogP contribution in [-0.2, 0) is 9.53 Å². The van der Waals surface area contributed by atoms with Gasteiger partial charge in [0.2, 0.25) is 0 Å². The summed E-state index contributed by atoms with van der Waals surface area (Å²) in [6.45, 7) is 0. The molecule has 4 heteroatoms. The van der Waals surface area contributed by atoms with Gasteiger partial charge in [-0.2, -0.15) is 0 Å². The number of hydrogen-bond donors (Lipinski definition) is 1. The van der Waals surface area contributed by atoms with Crippen LogP contribution in [-0.4, -0.2) is 32.3 Å². The van der Waals surface area contributed by atoms with Crippen LogP contribution in [0.5, 0.6) is 0 Å². The summed E-state index contributed by atoms with van der Waals surface area (Å²) < 4.78 is 4.53. The predicted octanol–water partition coefficient (Wildman–Crippen LogP) is 1.35. The Morgan fingerprint density at radius 1 is 1.44 bits per heavy atom. The number of esters is 1. The highest BCUT2D eigenvalue weighted by molar-refractivity contribution is 5.70. The van der Waals surface area contributed by atoms with Gasteiger partial charge in [-0.25, -0.2) is 0 Å². The summed E-state index contributed by atoms with van der Waals surface area (Å²) in [5.74, 6) is -0.416. The van der Waals surface area contributed by atoms with Crippen molar-refractivity contribution in [3.8, 4) is 0 Å². The zero-order valence-corrected chi connectivity index (χ0v) is 9.80. The Balaban J connectivity index is 2.90. The number of ether oxygens (including phenoxy) is 1. The molecule has 0 aliphatic carbocycles. The molecule has 0 spiro atoms. The van der Waals surface area contributed by atoms with Crippen molar-refractivity contribution in [1.82, 2.24) is 0 Å². The number of anilines is 1. The zero-order valence-electron chi connectivity index (χ0n) is 9.80. The van der Waals surface area contributed by atoms with Crippen LogP contribution in [0.25, 0.3) is 0 Å². The molecule has 1 atom stereocenters. The van der Waals surface area contributed by atoms with Crippen LogP contribution in [0.2, 0.25) is 0 Å². The maximum absolute atomic E-state index is 11.1. The van der Waals surface area contributed by atoms with Crippen LogP contribution in [0.15, 0.2) is 24.3 Å². The third kappa shape index (κ3) is 2.97. The topological polar surface area (TPSA) is 49.8 Å². The zero-order chi connectivity index (χ0) is 12.1. The molecule has 1 aromatic rings. The number of carbonyl (C=O) groups excluding carboxylic acids is 1. The number of aliphatic hydroxyl groups excluding tert-OH is 1. The molecule has 0 aliphatic rings. The summed E-state index contributed by atoms with van der Waals surface area (Å²) in [7, 11) is 5.10. The fraction of sp³-hybridized carbons (Fsp3) is 0.417. The first-order valence-corrected chi connectivity index (χ1v) is 5.07. The highest BCUT2D eigenvalue weighted by Gasteiger charge is 2.16. The monoisotopic (exact) mass is 223 g/mol. The Bertz CT molecular complexity index is 363. The first-order chi connectivity index (χ1) is 7.56. The van der Waals surface area contributed by atoms with Crippen molar-refractivity contribution >= 4 is 11.7 Å². The fourth-order valence-corrected chi connectivity index (χ4v) is 1.53. The summed E-state index contributed by atoms with van der Waals surface area (Å²) in [6.07, 6.45) is -0.854. The van der Waals surface area contributed by atoms with E-state index in [0.29, 0.717) is 0 Å². The van der Waals surface area contributed by atoms with Gasteiger partial charge in [0.05, 0.1) is 19.6 Å². The third-order valence-corrected chi connectivity index (χ3v) is 2.37. The average Bonchev–Trinajstić information content (AvgIpc) is 2.28. The van der Waals surface area contributed by atoms with Gasteiger partial charge in [-0.15, -0.1) is 0 Å². The van der Waals surface area contributed by atoms with Gasteiger partial charge in [0.25, 0.3) is 0 Å². The lowest BCUT2D eigenvalue weighted by Crippen LogP contribution is -2.15. The van der Waals surface area contributed by atoms with Crippen LogP contribution in [0, 0.1) is 0 Å². The summed E-state index contributed by atoms with van der Waals surface area (Å²) in [6, 6.07) is 7.44. The van der Waals surface area contributed by atoms with E-state index >= 15 is 0 Å². The first-order valence-electron chi connectivity index (χ1n) is 5.07. The van der Waals surface area contributed by atoms with Crippen LogP contribution >= 0.6 is 0 Å². The lowest BCUT2D eigenvalue weighted by atomic mass is 10.0. The second-order valence-corrected chi connectivity index (χ2v) is 3.75. The van der Waals surface area contributed by atoms with Crippen LogP contribution in [0.1, 0.15) is 18.1 Å². The Morgan fingerprint density at radius 3 is 2.62 bits per heavy atom. The smallest absolute Gasteiger partial charge is 0.308 e. The lowest BCUT2D eigenvalue weighted by molar-refractivity contribution is -0.142.